The molecule has 1 aliphatic heterocycles. The average molecular weight is 490 g/mol. The van der Waals surface area contributed by atoms with E-state index in [9.17, 15) is 13.2 Å². The predicted molar refractivity (Wildman–Crippen MR) is 101 cm³/mol. The van der Waals surface area contributed by atoms with Gasteiger partial charge in [-0.1, -0.05) is 13.8 Å². The van der Waals surface area contributed by atoms with Crippen LogP contribution in [0, 0.1) is 11.3 Å². The van der Waals surface area contributed by atoms with Crippen molar-refractivity contribution in [3.05, 3.63) is 16.1 Å². The molecule has 2 fully saturated rings. The molecule has 0 aromatic carbocycles. The molecule has 0 radical (unpaired) electrons. The van der Waals surface area contributed by atoms with Gasteiger partial charge in [0.15, 0.2) is 11.7 Å². The minimum atomic E-state index is -4.40. The Kier molecular flexibility index (Phi) is 6.25. The molecule has 1 saturated carbocycles. The lowest BCUT2D eigenvalue weighted by Crippen LogP contribution is -2.67. The molecule has 142 valence electrons. The van der Waals surface area contributed by atoms with Gasteiger partial charge >= 0.3 is 6.18 Å². The maximum absolute atomic E-state index is 12.6. The first-order valence-corrected chi connectivity index (χ1v) is 8.72. The summed E-state index contributed by atoms with van der Waals surface area (Å²) in [6, 6.07) is 0.234. The summed E-state index contributed by atoms with van der Waals surface area (Å²) in [5.41, 5.74) is -0.845. The van der Waals surface area contributed by atoms with Gasteiger partial charge in [-0.3, -0.25) is 4.99 Å². The molecule has 2 N–H and O–H groups in total. The van der Waals surface area contributed by atoms with E-state index in [-0.39, 0.29) is 48.1 Å². The molecular formula is C15H22F3IN4OS. The number of aliphatic imine (C=N–C) groups is 1. The summed E-state index contributed by atoms with van der Waals surface area (Å²) < 4.78 is 43.5. The second-order valence-corrected chi connectivity index (χ2v) is 7.68. The van der Waals surface area contributed by atoms with Crippen molar-refractivity contribution in [2.24, 2.45) is 16.3 Å². The van der Waals surface area contributed by atoms with Gasteiger partial charge in [-0.25, -0.2) is 4.98 Å². The van der Waals surface area contributed by atoms with E-state index in [4.69, 9.17) is 4.74 Å². The lowest BCUT2D eigenvalue weighted by molar-refractivity contribution is -0.140. The third-order valence-corrected chi connectivity index (χ3v) is 5.71. The van der Waals surface area contributed by atoms with Crippen molar-refractivity contribution in [2.75, 3.05) is 13.7 Å². The molecule has 0 spiro atoms. The summed E-state index contributed by atoms with van der Waals surface area (Å²) >= 11 is 0.986. The largest absolute Gasteiger partial charge is 0.434 e. The Hall–Kier alpha value is -0.620. The minimum absolute atomic E-state index is 0. The summed E-state index contributed by atoms with van der Waals surface area (Å²) in [6.07, 6.45) is -3.12. The minimum Gasteiger partial charge on any atom is -0.377 e. The molecule has 1 aromatic heterocycles. The Labute approximate surface area is 165 Å². The highest BCUT2D eigenvalue weighted by molar-refractivity contribution is 14.0. The van der Waals surface area contributed by atoms with Crippen molar-refractivity contribution in [1.29, 1.82) is 0 Å². The summed E-state index contributed by atoms with van der Waals surface area (Å²) in [5.74, 6) is 1.03. The average Bonchev–Trinajstić information content (AvgIpc) is 3.14. The van der Waals surface area contributed by atoms with Gasteiger partial charge in [-0.2, -0.15) is 13.2 Å². The molecule has 3 atom stereocenters. The van der Waals surface area contributed by atoms with Crippen LogP contribution in [0.5, 0.6) is 0 Å². The van der Waals surface area contributed by atoms with Crippen LogP contribution in [-0.4, -0.2) is 36.7 Å². The monoisotopic (exact) mass is 490 g/mol. The van der Waals surface area contributed by atoms with Crippen LogP contribution >= 0.6 is 35.3 Å². The van der Waals surface area contributed by atoms with Gasteiger partial charge in [0.05, 0.1) is 12.6 Å². The Morgan fingerprint density at radius 2 is 2.20 bits per heavy atom. The Morgan fingerprint density at radius 1 is 1.48 bits per heavy atom. The first-order valence-electron chi connectivity index (χ1n) is 7.84. The molecule has 1 saturated heterocycles. The van der Waals surface area contributed by atoms with Crippen molar-refractivity contribution >= 4 is 41.3 Å². The predicted octanol–water partition coefficient (Wildman–Crippen LogP) is 3.26. The molecule has 25 heavy (non-hydrogen) atoms. The normalized spacial score (nSPS) is 27.9. The number of rotatable bonds is 3. The fraction of sp³-hybridized carbons (Fsp3) is 0.733. The van der Waals surface area contributed by atoms with E-state index in [2.05, 4.69) is 34.5 Å². The van der Waals surface area contributed by atoms with E-state index in [1.54, 1.807) is 7.05 Å². The summed E-state index contributed by atoms with van der Waals surface area (Å²) in [6.45, 7) is 5.29. The van der Waals surface area contributed by atoms with Gasteiger partial charge in [0, 0.05) is 36.4 Å². The van der Waals surface area contributed by atoms with E-state index in [1.165, 1.54) is 0 Å². The second kappa shape index (κ2) is 7.55. The van der Waals surface area contributed by atoms with Crippen LogP contribution in [0.3, 0.4) is 0 Å². The van der Waals surface area contributed by atoms with E-state index in [1.807, 2.05) is 0 Å². The molecule has 10 heteroatoms. The van der Waals surface area contributed by atoms with Crippen molar-refractivity contribution in [3.8, 4) is 0 Å². The van der Waals surface area contributed by atoms with Crippen molar-refractivity contribution in [3.63, 3.8) is 0 Å². The van der Waals surface area contributed by atoms with Crippen molar-refractivity contribution in [1.82, 2.24) is 15.6 Å². The van der Waals surface area contributed by atoms with E-state index in [0.717, 1.165) is 29.7 Å². The molecule has 0 bridgehead atoms. The molecule has 0 amide bonds. The van der Waals surface area contributed by atoms with Crippen molar-refractivity contribution < 1.29 is 17.9 Å². The first-order chi connectivity index (χ1) is 11.2. The van der Waals surface area contributed by atoms with Gasteiger partial charge < -0.3 is 15.4 Å². The van der Waals surface area contributed by atoms with Crippen LogP contribution in [-0.2, 0) is 17.5 Å². The highest BCUT2D eigenvalue weighted by atomic mass is 127. The molecule has 2 heterocycles. The lowest BCUT2D eigenvalue weighted by atomic mass is 9.57. The molecule has 5 nitrogen and oxygen atoms in total. The van der Waals surface area contributed by atoms with Gasteiger partial charge in [0.1, 0.15) is 5.01 Å². The molecule has 1 aromatic rings. The standard InChI is InChI=1S/C15H21F3N4OS.HI/c1-14(2)11(8-4-5-23-12(8)14)22-13(19-3)20-6-10-21-9(7-24-10)15(16,17)18;/h7-8,11-12H,4-6H2,1-3H3,(H2,19,20,22);1H. The topological polar surface area (TPSA) is 58.5 Å². The van der Waals surface area contributed by atoms with Crippen LogP contribution in [0.1, 0.15) is 31.0 Å². The van der Waals surface area contributed by atoms with E-state index in [0.29, 0.717) is 16.9 Å². The Balaban J connectivity index is 0.00000225. The second-order valence-electron chi connectivity index (χ2n) is 6.74. The Bertz CT molecular complexity index is 635. The Morgan fingerprint density at radius 3 is 2.80 bits per heavy atom. The van der Waals surface area contributed by atoms with Gasteiger partial charge in [0.2, 0.25) is 0 Å². The molecule has 3 unspecified atom stereocenters. The number of ether oxygens (including phenoxy) is 1. The first kappa shape index (κ1) is 20.7. The SMILES string of the molecule is CN=C(NCc1nc(C(F)(F)F)cs1)NC1C2CCOC2C1(C)C.I. The number of fused-ring (bicyclic) bond motifs is 1. The van der Waals surface area contributed by atoms with Crippen LogP contribution in [0.4, 0.5) is 13.2 Å². The molecular weight excluding hydrogens is 468 g/mol. The summed E-state index contributed by atoms with van der Waals surface area (Å²) in [4.78, 5) is 7.78. The lowest BCUT2D eigenvalue weighted by Gasteiger charge is -2.54. The van der Waals surface area contributed by atoms with E-state index >= 15 is 0 Å². The number of nitrogens with one attached hydrogen (secondary N) is 2. The third kappa shape index (κ3) is 4.05. The number of aromatic nitrogens is 1. The fourth-order valence-electron chi connectivity index (χ4n) is 3.64. The number of alkyl halides is 3. The van der Waals surface area contributed by atoms with Crippen LogP contribution in [0.2, 0.25) is 0 Å². The maximum atomic E-state index is 12.6. The number of thiazole rings is 1. The highest BCUT2D eigenvalue weighted by Gasteiger charge is 2.59. The zero-order chi connectivity index (χ0) is 17.5. The molecule has 1 aliphatic carbocycles. The summed E-state index contributed by atoms with van der Waals surface area (Å²) in [7, 11) is 1.65. The third-order valence-electron chi connectivity index (χ3n) is 4.87. The zero-order valence-electron chi connectivity index (χ0n) is 14.2. The number of halogens is 4. The summed E-state index contributed by atoms with van der Waals surface area (Å²) in [5, 5.41) is 7.84. The highest BCUT2D eigenvalue weighted by Crippen LogP contribution is 2.52. The van der Waals surface area contributed by atoms with E-state index < -0.39 is 11.9 Å². The van der Waals surface area contributed by atoms with Crippen LogP contribution in [0.15, 0.2) is 10.4 Å². The number of hydrogen-bond acceptors (Lipinski definition) is 4. The van der Waals surface area contributed by atoms with Crippen LogP contribution in [0.25, 0.3) is 0 Å². The number of guanidine groups is 1. The quantitative estimate of drug-likeness (QED) is 0.388. The van der Waals surface area contributed by atoms with Crippen LogP contribution < -0.4 is 10.6 Å². The number of nitrogens with zero attached hydrogens (tertiary/aromatic N) is 2. The fourth-order valence-corrected chi connectivity index (χ4v) is 4.38. The zero-order valence-corrected chi connectivity index (χ0v) is 17.3. The van der Waals surface area contributed by atoms with Gasteiger partial charge in [0.25, 0.3) is 0 Å². The van der Waals surface area contributed by atoms with Gasteiger partial charge in [-0.15, -0.1) is 35.3 Å². The number of hydrogen-bond donors (Lipinski definition) is 2. The molecule has 3 rings (SSSR count). The molecule has 2 aliphatic rings. The van der Waals surface area contributed by atoms with Crippen molar-refractivity contribution in [2.45, 2.75) is 45.1 Å². The smallest absolute Gasteiger partial charge is 0.377 e. The maximum Gasteiger partial charge on any atom is 0.434 e. The van der Waals surface area contributed by atoms with Gasteiger partial charge in [-0.05, 0) is 6.42 Å².